The summed E-state index contributed by atoms with van der Waals surface area (Å²) in [4.78, 5) is 26.6. The van der Waals surface area contributed by atoms with E-state index in [0.717, 1.165) is 12.1 Å². The second-order valence-corrected chi connectivity index (χ2v) is 9.28. The molecule has 1 aliphatic heterocycles. The number of carbonyl (C=O) groups is 2. The number of amides is 2. The van der Waals surface area contributed by atoms with Gasteiger partial charge in [-0.15, -0.1) is 0 Å². The van der Waals surface area contributed by atoms with Gasteiger partial charge in [0.15, 0.2) is 0 Å². The quantitative estimate of drug-likeness (QED) is 0.590. The molecule has 3 aromatic rings. The number of anilines is 3. The van der Waals surface area contributed by atoms with E-state index in [2.05, 4.69) is 10.0 Å². The highest BCUT2D eigenvalue weighted by molar-refractivity contribution is 7.92. The van der Waals surface area contributed by atoms with Gasteiger partial charge in [-0.05, 0) is 67.4 Å². The molecule has 0 spiro atoms. The third-order valence-corrected chi connectivity index (χ3v) is 6.66. The fraction of sp³-hybridized carbons (Fsp3) is 0.167. The minimum Gasteiger partial charge on any atom is -0.322 e. The average molecular weight is 450 g/mol. The fourth-order valence-electron chi connectivity index (χ4n) is 3.60. The monoisotopic (exact) mass is 449 g/mol. The van der Waals surface area contributed by atoms with Crippen molar-refractivity contribution in [3.8, 4) is 0 Å². The molecule has 7 nitrogen and oxygen atoms in total. The minimum atomic E-state index is -3.72. The van der Waals surface area contributed by atoms with Gasteiger partial charge in [0.05, 0.1) is 10.6 Å². The summed E-state index contributed by atoms with van der Waals surface area (Å²) in [5.74, 6) is -0.242. The molecule has 0 saturated carbocycles. The summed E-state index contributed by atoms with van der Waals surface area (Å²) in [7, 11) is -3.72. The highest BCUT2D eigenvalue weighted by atomic mass is 32.2. The van der Waals surface area contributed by atoms with Gasteiger partial charge >= 0.3 is 0 Å². The Balaban J connectivity index is 1.49. The summed E-state index contributed by atoms with van der Waals surface area (Å²) in [6.45, 7) is 2.41. The van der Waals surface area contributed by atoms with E-state index in [0.29, 0.717) is 35.5 Å². The molecule has 4 rings (SSSR count). The molecule has 0 bridgehead atoms. The predicted molar refractivity (Wildman–Crippen MR) is 124 cm³/mol. The van der Waals surface area contributed by atoms with Crippen molar-refractivity contribution >= 4 is 38.9 Å². The van der Waals surface area contributed by atoms with Crippen LogP contribution in [0, 0.1) is 6.92 Å². The van der Waals surface area contributed by atoms with Gasteiger partial charge in [0, 0.05) is 29.9 Å². The first kappa shape index (κ1) is 21.6. The van der Waals surface area contributed by atoms with Crippen LogP contribution in [0.2, 0.25) is 0 Å². The predicted octanol–water partition coefficient (Wildman–Crippen LogP) is 4.17. The highest BCUT2D eigenvalue weighted by Crippen LogP contribution is 2.25. The number of benzene rings is 3. The van der Waals surface area contributed by atoms with Crippen LogP contribution >= 0.6 is 0 Å². The lowest BCUT2D eigenvalue weighted by Crippen LogP contribution is -2.23. The molecule has 0 aromatic heterocycles. The number of nitrogens with one attached hydrogen (secondary N) is 2. The van der Waals surface area contributed by atoms with Crippen molar-refractivity contribution in [1.29, 1.82) is 0 Å². The van der Waals surface area contributed by atoms with E-state index in [9.17, 15) is 18.0 Å². The Bertz CT molecular complexity index is 1270. The van der Waals surface area contributed by atoms with Crippen molar-refractivity contribution in [1.82, 2.24) is 0 Å². The number of sulfonamides is 1. The summed E-state index contributed by atoms with van der Waals surface area (Å²) in [6.07, 6.45) is 1.37. The maximum Gasteiger partial charge on any atom is 0.261 e. The zero-order chi connectivity index (χ0) is 22.7. The van der Waals surface area contributed by atoms with Crippen LogP contribution < -0.4 is 14.9 Å². The summed E-state index contributed by atoms with van der Waals surface area (Å²) in [5, 5.41) is 2.84. The van der Waals surface area contributed by atoms with E-state index >= 15 is 0 Å². The molecule has 0 atom stereocenters. The summed E-state index contributed by atoms with van der Waals surface area (Å²) >= 11 is 0. The first-order valence-electron chi connectivity index (χ1n) is 10.2. The standard InChI is InChI=1S/C24H23N3O4S/c1-17-15-18(12-13-22(17)26-32(30,31)21-9-3-2-4-10-21)24(29)25-19-7-5-8-20(16-19)27-14-6-11-23(27)28/h2-5,7-10,12-13,15-16,26H,6,11,14H2,1H3,(H,25,29). The Morgan fingerprint density at radius 3 is 2.44 bits per heavy atom. The van der Waals surface area contributed by atoms with E-state index in [4.69, 9.17) is 0 Å². The van der Waals surface area contributed by atoms with Gasteiger partial charge in [0.2, 0.25) is 5.91 Å². The lowest BCUT2D eigenvalue weighted by Gasteiger charge is -2.17. The van der Waals surface area contributed by atoms with Gasteiger partial charge in [-0.3, -0.25) is 14.3 Å². The molecule has 32 heavy (non-hydrogen) atoms. The van der Waals surface area contributed by atoms with Gasteiger partial charge in [0.1, 0.15) is 0 Å². The van der Waals surface area contributed by atoms with Crippen LogP contribution in [0.25, 0.3) is 0 Å². The SMILES string of the molecule is Cc1cc(C(=O)Nc2cccc(N3CCCC3=O)c2)ccc1NS(=O)(=O)c1ccccc1. The lowest BCUT2D eigenvalue weighted by atomic mass is 10.1. The van der Waals surface area contributed by atoms with Crippen LogP contribution in [0.5, 0.6) is 0 Å². The third-order valence-electron chi connectivity index (χ3n) is 5.28. The third kappa shape index (κ3) is 4.65. The van der Waals surface area contributed by atoms with Crippen molar-refractivity contribution < 1.29 is 18.0 Å². The lowest BCUT2D eigenvalue weighted by molar-refractivity contribution is -0.117. The Hall–Kier alpha value is -3.65. The molecule has 2 amide bonds. The highest BCUT2D eigenvalue weighted by Gasteiger charge is 2.22. The fourth-order valence-corrected chi connectivity index (χ4v) is 4.75. The van der Waals surface area contributed by atoms with E-state index in [1.165, 1.54) is 12.1 Å². The molecular formula is C24H23N3O4S. The van der Waals surface area contributed by atoms with Crippen molar-refractivity contribution in [3.63, 3.8) is 0 Å². The molecule has 1 aliphatic rings. The Labute approximate surface area is 187 Å². The smallest absolute Gasteiger partial charge is 0.261 e. The number of nitrogens with zero attached hydrogens (tertiary/aromatic N) is 1. The molecule has 2 N–H and O–H groups in total. The summed E-state index contributed by atoms with van der Waals surface area (Å²) in [5.41, 5.74) is 2.76. The van der Waals surface area contributed by atoms with Crippen LogP contribution in [-0.2, 0) is 14.8 Å². The van der Waals surface area contributed by atoms with Crippen molar-refractivity contribution in [2.45, 2.75) is 24.7 Å². The van der Waals surface area contributed by atoms with Gasteiger partial charge in [-0.2, -0.15) is 0 Å². The minimum absolute atomic E-state index is 0.0812. The molecule has 164 valence electrons. The molecular weight excluding hydrogens is 426 g/mol. The molecule has 1 saturated heterocycles. The normalized spacial score (nSPS) is 13.8. The molecule has 8 heteroatoms. The molecule has 0 aliphatic carbocycles. The van der Waals surface area contributed by atoms with E-state index in [-0.39, 0.29) is 16.7 Å². The van der Waals surface area contributed by atoms with Crippen molar-refractivity contribution in [2.24, 2.45) is 0 Å². The van der Waals surface area contributed by atoms with Gasteiger partial charge in [-0.25, -0.2) is 8.42 Å². The Morgan fingerprint density at radius 1 is 0.969 bits per heavy atom. The molecule has 1 fully saturated rings. The number of aryl methyl sites for hydroxylation is 1. The van der Waals surface area contributed by atoms with E-state index in [1.807, 2.05) is 6.07 Å². The van der Waals surface area contributed by atoms with E-state index in [1.54, 1.807) is 66.4 Å². The number of rotatable bonds is 6. The summed E-state index contributed by atoms with van der Waals surface area (Å²) in [6, 6.07) is 20.0. The molecule has 0 unspecified atom stereocenters. The maximum absolute atomic E-state index is 12.8. The van der Waals surface area contributed by atoms with Gasteiger partial charge in [-0.1, -0.05) is 24.3 Å². The Kier molecular flexibility index (Phi) is 5.96. The summed E-state index contributed by atoms with van der Waals surface area (Å²) < 4.78 is 27.7. The van der Waals surface area contributed by atoms with Gasteiger partial charge in [0.25, 0.3) is 15.9 Å². The zero-order valence-electron chi connectivity index (χ0n) is 17.5. The van der Waals surface area contributed by atoms with Crippen LogP contribution in [0.1, 0.15) is 28.8 Å². The molecule has 0 radical (unpaired) electrons. The topological polar surface area (TPSA) is 95.6 Å². The number of hydrogen-bond donors (Lipinski definition) is 2. The average Bonchev–Trinajstić information content (AvgIpc) is 3.22. The first-order chi connectivity index (χ1) is 15.3. The van der Waals surface area contributed by atoms with Crippen LogP contribution in [0.4, 0.5) is 17.1 Å². The van der Waals surface area contributed by atoms with Gasteiger partial charge < -0.3 is 10.2 Å². The van der Waals surface area contributed by atoms with Crippen LogP contribution in [0.15, 0.2) is 77.7 Å². The maximum atomic E-state index is 12.8. The number of hydrogen-bond acceptors (Lipinski definition) is 4. The first-order valence-corrected chi connectivity index (χ1v) is 11.7. The molecule has 1 heterocycles. The van der Waals surface area contributed by atoms with Crippen molar-refractivity contribution in [2.75, 3.05) is 21.5 Å². The van der Waals surface area contributed by atoms with Crippen molar-refractivity contribution in [3.05, 3.63) is 83.9 Å². The Morgan fingerprint density at radius 2 is 1.75 bits per heavy atom. The van der Waals surface area contributed by atoms with E-state index < -0.39 is 10.0 Å². The molecule has 3 aromatic carbocycles. The second-order valence-electron chi connectivity index (χ2n) is 7.60. The second kappa shape index (κ2) is 8.84. The van der Waals surface area contributed by atoms with Crippen LogP contribution in [0.3, 0.4) is 0 Å². The largest absolute Gasteiger partial charge is 0.322 e. The van der Waals surface area contributed by atoms with Crippen LogP contribution in [-0.4, -0.2) is 26.8 Å². The number of carbonyl (C=O) groups excluding carboxylic acids is 2. The zero-order valence-corrected chi connectivity index (χ0v) is 18.4.